The van der Waals surface area contributed by atoms with Gasteiger partial charge in [-0.1, -0.05) is 43.0 Å². The second kappa shape index (κ2) is 8.60. The normalized spacial score (nSPS) is 11.7. The topological polar surface area (TPSA) is 63.7 Å². The second-order valence-electron chi connectivity index (χ2n) is 5.68. The standard InChI is InChI=1S/C20H21NO4S/c1-4-14-25-18-11-8-16(9-12-18)10-13-20(22)17-6-5-7-19(15-17)26(23,24)21(2)3/h4-13,15H,1,14H2,2-3H3/b13-10+. The number of ether oxygens (including phenoxy) is 1. The fourth-order valence-corrected chi connectivity index (χ4v) is 3.07. The zero-order valence-electron chi connectivity index (χ0n) is 14.8. The largest absolute Gasteiger partial charge is 0.490 e. The second-order valence-corrected chi connectivity index (χ2v) is 7.83. The highest BCUT2D eigenvalue weighted by Gasteiger charge is 2.18. The molecule has 0 bridgehead atoms. The van der Waals surface area contributed by atoms with Gasteiger partial charge in [-0.05, 0) is 35.9 Å². The third kappa shape index (κ3) is 4.91. The maximum Gasteiger partial charge on any atom is 0.242 e. The first-order valence-corrected chi connectivity index (χ1v) is 9.37. The third-order valence-electron chi connectivity index (χ3n) is 3.57. The van der Waals surface area contributed by atoms with Crippen molar-refractivity contribution in [3.05, 3.63) is 78.4 Å². The van der Waals surface area contributed by atoms with Gasteiger partial charge in [-0.25, -0.2) is 12.7 Å². The summed E-state index contributed by atoms with van der Waals surface area (Å²) in [5.41, 5.74) is 1.15. The molecule has 0 aromatic heterocycles. The summed E-state index contributed by atoms with van der Waals surface area (Å²) in [4.78, 5) is 12.4. The summed E-state index contributed by atoms with van der Waals surface area (Å²) in [6.07, 6.45) is 4.75. The minimum atomic E-state index is -3.58. The number of carbonyl (C=O) groups is 1. The molecular formula is C20H21NO4S. The highest BCUT2D eigenvalue weighted by atomic mass is 32.2. The monoisotopic (exact) mass is 371 g/mol. The molecule has 136 valence electrons. The van der Waals surface area contributed by atoms with Crippen molar-refractivity contribution in [2.45, 2.75) is 4.90 Å². The molecule has 0 spiro atoms. The first-order valence-electron chi connectivity index (χ1n) is 7.93. The smallest absolute Gasteiger partial charge is 0.242 e. The molecule has 5 nitrogen and oxygen atoms in total. The summed E-state index contributed by atoms with van der Waals surface area (Å²) in [6.45, 7) is 4.02. The summed E-state index contributed by atoms with van der Waals surface area (Å²) >= 11 is 0. The van der Waals surface area contributed by atoms with Crippen LogP contribution in [0, 0.1) is 0 Å². The number of hydrogen-bond acceptors (Lipinski definition) is 4. The van der Waals surface area contributed by atoms with Crippen LogP contribution < -0.4 is 4.74 Å². The maximum absolute atomic E-state index is 12.3. The lowest BCUT2D eigenvalue weighted by Crippen LogP contribution is -2.22. The third-order valence-corrected chi connectivity index (χ3v) is 5.38. The van der Waals surface area contributed by atoms with Gasteiger partial charge in [-0.3, -0.25) is 4.79 Å². The molecule has 0 saturated heterocycles. The van der Waals surface area contributed by atoms with E-state index in [1.54, 1.807) is 36.4 Å². The Morgan fingerprint density at radius 2 is 1.85 bits per heavy atom. The highest BCUT2D eigenvalue weighted by Crippen LogP contribution is 2.17. The quantitative estimate of drug-likeness (QED) is 0.405. The van der Waals surface area contributed by atoms with Crippen LogP contribution in [0.5, 0.6) is 5.75 Å². The molecule has 0 unspecified atom stereocenters. The van der Waals surface area contributed by atoms with Gasteiger partial charge in [0.2, 0.25) is 10.0 Å². The number of allylic oxidation sites excluding steroid dienone is 1. The molecule has 2 aromatic carbocycles. The van der Waals surface area contributed by atoms with Crippen molar-refractivity contribution < 1.29 is 17.9 Å². The first-order chi connectivity index (χ1) is 12.3. The van der Waals surface area contributed by atoms with E-state index in [2.05, 4.69) is 6.58 Å². The minimum Gasteiger partial charge on any atom is -0.490 e. The van der Waals surface area contributed by atoms with E-state index in [-0.39, 0.29) is 10.7 Å². The Bertz CT molecular complexity index is 913. The van der Waals surface area contributed by atoms with Gasteiger partial charge in [-0.15, -0.1) is 0 Å². The Morgan fingerprint density at radius 1 is 1.15 bits per heavy atom. The fraction of sp³-hybridized carbons (Fsp3) is 0.150. The molecule has 0 radical (unpaired) electrons. The molecular weight excluding hydrogens is 350 g/mol. The number of hydrogen-bond donors (Lipinski definition) is 0. The molecule has 2 rings (SSSR count). The molecule has 0 fully saturated rings. The van der Waals surface area contributed by atoms with E-state index in [1.165, 1.54) is 32.3 Å². The van der Waals surface area contributed by atoms with Gasteiger partial charge >= 0.3 is 0 Å². The SMILES string of the molecule is C=CCOc1ccc(/C=C/C(=O)c2cccc(S(=O)(=O)N(C)C)c2)cc1. The minimum absolute atomic E-state index is 0.0884. The van der Waals surface area contributed by atoms with Gasteiger partial charge in [0.15, 0.2) is 5.78 Å². The van der Waals surface area contributed by atoms with Crippen molar-refractivity contribution in [2.75, 3.05) is 20.7 Å². The van der Waals surface area contributed by atoms with Gasteiger partial charge in [0, 0.05) is 19.7 Å². The average molecular weight is 371 g/mol. The van der Waals surface area contributed by atoms with Gasteiger partial charge in [0.05, 0.1) is 4.90 Å². The molecule has 0 amide bonds. The van der Waals surface area contributed by atoms with Crippen LogP contribution in [-0.4, -0.2) is 39.2 Å². The summed E-state index contributed by atoms with van der Waals surface area (Å²) < 4.78 is 30.9. The lowest BCUT2D eigenvalue weighted by Gasteiger charge is -2.11. The van der Waals surface area contributed by atoms with Crippen molar-refractivity contribution in [3.8, 4) is 5.75 Å². The molecule has 26 heavy (non-hydrogen) atoms. The molecule has 0 heterocycles. The number of rotatable bonds is 8. The van der Waals surface area contributed by atoms with E-state index in [0.717, 1.165) is 15.6 Å². The highest BCUT2D eigenvalue weighted by molar-refractivity contribution is 7.89. The van der Waals surface area contributed by atoms with Crippen LogP contribution in [-0.2, 0) is 10.0 Å². The lowest BCUT2D eigenvalue weighted by atomic mass is 10.1. The maximum atomic E-state index is 12.3. The summed E-state index contributed by atoms with van der Waals surface area (Å²) in [7, 11) is -0.675. The van der Waals surface area contributed by atoms with Crippen molar-refractivity contribution in [2.24, 2.45) is 0 Å². The number of carbonyl (C=O) groups excluding carboxylic acids is 1. The van der Waals surface area contributed by atoms with Crippen molar-refractivity contribution in [3.63, 3.8) is 0 Å². The van der Waals surface area contributed by atoms with E-state index in [4.69, 9.17) is 4.74 Å². The zero-order chi connectivity index (χ0) is 19.2. The van der Waals surface area contributed by atoms with Gasteiger partial charge in [0.1, 0.15) is 12.4 Å². The van der Waals surface area contributed by atoms with Crippen molar-refractivity contribution in [1.82, 2.24) is 4.31 Å². The summed E-state index contributed by atoms with van der Waals surface area (Å²) in [5.74, 6) is 0.447. The van der Waals surface area contributed by atoms with Crippen LogP contribution in [0.2, 0.25) is 0 Å². The van der Waals surface area contributed by atoms with Crippen LogP contribution in [0.1, 0.15) is 15.9 Å². The van der Waals surface area contributed by atoms with E-state index in [0.29, 0.717) is 12.2 Å². The Labute approximate surface area is 154 Å². The fourth-order valence-electron chi connectivity index (χ4n) is 2.12. The Balaban J connectivity index is 2.15. The van der Waals surface area contributed by atoms with E-state index < -0.39 is 10.0 Å². The predicted octanol–water partition coefficient (Wildman–Crippen LogP) is 3.40. The Hall–Kier alpha value is -2.70. The lowest BCUT2D eigenvalue weighted by molar-refractivity contribution is 0.104. The summed E-state index contributed by atoms with van der Waals surface area (Å²) in [5, 5.41) is 0. The molecule has 0 saturated carbocycles. The van der Waals surface area contributed by atoms with Gasteiger partial charge < -0.3 is 4.74 Å². The van der Waals surface area contributed by atoms with E-state index in [1.807, 2.05) is 12.1 Å². The molecule has 0 aliphatic rings. The average Bonchev–Trinajstić information content (AvgIpc) is 2.65. The molecule has 0 aliphatic carbocycles. The van der Waals surface area contributed by atoms with Gasteiger partial charge in [-0.2, -0.15) is 0 Å². The van der Waals surface area contributed by atoms with Crippen LogP contribution in [0.25, 0.3) is 6.08 Å². The van der Waals surface area contributed by atoms with E-state index >= 15 is 0 Å². The number of nitrogens with zero attached hydrogens (tertiary/aromatic N) is 1. The predicted molar refractivity (Wildman–Crippen MR) is 103 cm³/mol. The van der Waals surface area contributed by atoms with Crippen molar-refractivity contribution >= 4 is 21.9 Å². The van der Waals surface area contributed by atoms with Crippen LogP contribution in [0.15, 0.2) is 72.2 Å². The molecule has 0 N–H and O–H groups in total. The molecule has 2 aromatic rings. The van der Waals surface area contributed by atoms with Crippen LogP contribution >= 0.6 is 0 Å². The molecule has 0 atom stereocenters. The van der Waals surface area contributed by atoms with Crippen LogP contribution in [0.3, 0.4) is 0 Å². The summed E-state index contributed by atoms with van der Waals surface area (Å²) in [6, 6.07) is 13.3. The number of sulfonamides is 1. The van der Waals surface area contributed by atoms with E-state index in [9.17, 15) is 13.2 Å². The Kier molecular flexibility index (Phi) is 6.49. The molecule has 0 aliphatic heterocycles. The Morgan fingerprint density at radius 3 is 2.46 bits per heavy atom. The molecule has 6 heteroatoms. The van der Waals surface area contributed by atoms with Gasteiger partial charge in [0.25, 0.3) is 0 Å². The zero-order valence-corrected chi connectivity index (χ0v) is 15.6. The van der Waals surface area contributed by atoms with Crippen LogP contribution in [0.4, 0.5) is 0 Å². The van der Waals surface area contributed by atoms with Crippen molar-refractivity contribution in [1.29, 1.82) is 0 Å². The number of benzene rings is 2. The first kappa shape index (κ1) is 19.6. The number of ketones is 1.